The van der Waals surface area contributed by atoms with E-state index < -0.39 is 7.22 Å². The number of nitrogens with zero attached hydrogens (tertiary/aromatic N) is 1. The molecule has 1 nitrogen and oxygen atoms in total. The van der Waals surface area contributed by atoms with E-state index in [0.29, 0.717) is 5.25 Å². The molecule has 1 aromatic rings. The van der Waals surface area contributed by atoms with Gasteiger partial charge in [-0.3, -0.25) is 4.99 Å². The van der Waals surface area contributed by atoms with Gasteiger partial charge in [-0.05, 0) is 18.6 Å². The van der Waals surface area contributed by atoms with E-state index in [1.165, 1.54) is 0 Å². The highest BCUT2D eigenvalue weighted by atomic mass is 32.4. The molecule has 0 saturated carbocycles. The molecule has 0 aromatic heterocycles. The van der Waals surface area contributed by atoms with Gasteiger partial charge in [0.25, 0.3) is 0 Å². The highest BCUT2D eigenvalue weighted by Crippen LogP contribution is 2.26. The maximum absolute atomic E-state index is 4.45. The van der Waals surface area contributed by atoms with E-state index >= 15 is 0 Å². The molecule has 1 atom stereocenters. The van der Waals surface area contributed by atoms with Gasteiger partial charge in [-0.1, -0.05) is 44.8 Å². The lowest BCUT2D eigenvalue weighted by atomic mass is 10.3. The van der Waals surface area contributed by atoms with E-state index in [1.807, 2.05) is 36.5 Å². The van der Waals surface area contributed by atoms with Crippen molar-refractivity contribution in [2.75, 3.05) is 0 Å². The molecule has 1 unspecified atom stereocenters. The number of aliphatic imine (C=N–C) groups is 1. The van der Waals surface area contributed by atoms with Crippen LogP contribution in [-0.4, -0.2) is 18.7 Å². The molecule has 3 heteroatoms. The van der Waals surface area contributed by atoms with E-state index in [4.69, 9.17) is 0 Å². The lowest BCUT2D eigenvalue weighted by Gasteiger charge is -2.19. The summed E-state index contributed by atoms with van der Waals surface area (Å²) in [6.07, 6.45) is 3.11. The van der Waals surface area contributed by atoms with Crippen molar-refractivity contribution >= 4 is 30.3 Å². The first-order chi connectivity index (χ1) is 7.47. The summed E-state index contributed by atoms with van der Waals surface area (Å²) >= 11 is 2.14. The molecule has 0 heterocycles. The Kier molecular flexibility index (Phi) is 5.29. The van der Waals surface area contributed by atoms with E-state index in [2.05, 4.69) is 42.8 Å². The highest BCUT2D eigenvalue weighted by molar-refractivity contribution is 8.29. The summed E-state index contributed by atoms with van der Waals surface area (Å²) < 4.78 is 0. The predicted molar refractivity (Wildman–Crippen MR) is 79.6 cm³/mol. The Bertz CT molecular complexity index is 330. The SMILES string of the molecule is CC(C/C=N\c1ccccc1)S[Si](C)(C)C. The van der Waals surface area contributed by atoms with Gasteiger partial charge in [-0.2, -0.15) is 11.2 Å². The van der Waals surface area contributed by atoms with Gasteiger partial charge in [-0.15, -0.1) is 0 Å². The largest absolute Gasteiger partial charge is 0.261 e. The average Bonchev–Trinajstić information content (AvgIpc) is 2.16. The van der Waals surface area contributed by atoms with E-state index in [9.17, 15) is 0 Å². The molecule has 0 saturated heterocycles. The fourth-order valence-corrected chi connectivity index (χ4v) is 6.77. The Morgan fingerprint density at radius 3 is 2.44 bits per heavy atom. The summed E-state index contributed by atoms with van der Waals surface area (Å²) in [7, 11) is -0.995. The van der Waals surface area contributed by atoms with Gasteiger partial charge in [0.15, 0.2) is 0 Å². The second kappa shape index (κ2) is 6.26. The van der Waals surface area contributed by atoms with Crippen molar-refractivity contribution < 1.29 is 0 Å². The first-order valence-corrected chi connectivity index (χ1v) is 10.8. The third-order valence-electron chi connectivity index (χ3n) is 1.99. The fraction of sp³-hybridized carbons (Fsp3) is 0.462. The molecule has 0 radical (unpaired) electrons. The zero-order valence-electron chi connectivity index (χ0n) is 10.6. The Labute approximate surface area is 104 Å². The first-order valence-electron chi connectivity index (χ1n) is 5.73. The van der Waals surface area contributed by atoms with Crippen LogP contribution < -0.4 is 0 Å². The van der Waals surface area contributed by atoms with Crippen LogP contribution >= 0.6 is 11.2 Å². The summed E-state index contributed by atoms with van der Waals surface area (Å²) in [5, 5.41) is 0.680. The topological polar surface area (TPSA) is 12.4 Å². The standard InChI is InChI=1S/C13H21NSSi/c1-12(15-16(2,3)4)10-11-14-13-8-6-5-7-9-13/h5-9,11-12H,10H2,1-4H3/b14-11-. The average molecular weight is 251 g/mol. The quantitative estimate of drug-likeness (QED) is 0.544. The minimum Gasteiger partial charge on any atom is -0.261 e. The molecule has 0 aliphatic rings. The molecule has 0 fully saturated rings. The van der Waals surface area contributed by atoms with E-state index in [0.717, 1.165) is 12.1 Å². The zero-order valence-corrected chi connectivity index (χ0v) is 12.4. The molecular weight excluding hydrogens is 230 g/mol. The van der Waals surface area contributed by atoms with Crippen LogP contribution in [0.4, 0.5) is 5.69 Å². The van der Waals surface area contributed by atoms with Crippen LogP contribution in [0.5, 0.6) is 0 Å². The summed E-state index contributed by atoms with van der Waals surface area (Å²) in [5.74, 6) is 0. The number of hydrogen-bond acceptors (Lipinski definition) is 2. The van der Waals surface area contributed by atoms with Crippen LogP contribution in [0.15, 0.2) is 35.3 Å². The molecule has 0 amide bonds. The molecule has 0 spiro atoms. The second-order valence-corrected chi connectivity index (χ2v) is 14.6. The predicted octanol–water partition coefficient (Wildman–Crippen LogP) is 4.74. The Morgan fingerprint density at radius 1 is 1.25 bits per heavy atom. The van der Waals surface area contributed by atoms with Gasteiger partial charge >= 0.3 is 0 Å². The van der Waals surface area contributed by atoms with Crippen molar-refractivity contribution in [3.8, 4) is 0 Å². The van der Waals surface area contributed by atoms with Crippen LogP contribution in [0.1, 0.15) is 13.3 Å². The minimum absolute atomic E-state index is 0.680. The monoisotopic (exact) mass is 251 g/mol. The molecule has 0 aliphatic carbocycles. The van der Waals surface area contributed by atoms with Crippen molar-refractivity contribution in [3.63, 3.8) is 0 Å². The Balaban J connectivity index is 2.37. The first kappa shape index (κ1) is 13.5. The van der Waals surface area contributed by atoms with Crippen LogP contribution in [-0.2, 0) is 0 Å². The van der Waals surface area contributed by atoms with Crippen molar-refractivity contribution in [1.82, 2.24) is 0 Å². The van der Waals surface area contributed by atoms with Crippen molar-refractivity contribution in [1.29, 1.82) is 0 Å². The van der Waals surface area contributed by atoms with Gasteiger partial charge in [0.1, 0.15) is 7.22 Å². The van der Waals surface area contributed by atoms with Crippen LogP contribution in [0.2, 0.25) is 19.6 Å². The molecule has 16 heavy (non-hydrogen) atoms. The Morgan fingerprint density at radius 2 is 1.88 bits per heavy atom. The lowest BCUT2D eigenvalue weighted by molar-refractivity contribution is 1.04. The van der Waals surface area contributed by atoms with Gasteiger partial charge in [-0.25, -0.2) is 0 Å². The number of para-hydroxylation sites is 1. The zero-order chi connectivity index (χ0) is 12.0. The molecule has 88 valence electrons. The van der Waals surface area contributed by atoms with Gasteiger partial charge in [0.2, 0.25) is 0 Å². The third-order valence-corrected chi connectivity index (χ3v) is 6.62. The highest BCUT2D eigenvalue weighted by Gasteiger charge is 2.17. The van der Waals surface area contributed by atoms with Crippen molar-refractivity contribution in [3.05, 3.63) is 30.3 Å². The van der Waals surface area contributed by atoms with Crippen molar-refractivity contribution in [2.45, 2.75) is 38.2 Å². The van der Waals surface area contributed by atoms with Crippen LogP contribution in [0.25, 0.3) is 0 Å². The number of rotatable bonds is 5. The molecule has 1 rings (SSSR count). The third kappa shape index (κ3) is 6.13. The number of hydrogen-bond donors (Lipinski definition) is 0. The summed E-state index contributed by atoms with van der Waals surface area (Å²) in [4.78, 5) is 4.45. The molecule has 1 aromatic carbocycles. The minimum atomic E-state index is -0.995. The molecular formula is C13H21NSSi. The van der Waals surface area contributed by atoms with Crippen LogP contribution in [0, 0.1) is 0 Å². The van der Waals surface area contributed by atoms with Crippen LogP contribution in [0.3, 0.4) is 0 Å². The van der Waals surface area contributed by atoms with Crippen molar-refractivity contribution in [2.24, 2.45) is 4.99 Å². The maximum Gasteiger partial charge on any atom is 0.108 e. The summed E-state index contributed by atoms with van der Waals surface area (Å²) in [5.41, 5.74) is 1.05. The number of benzene rings is 1. The summed E-state index contributed by atoms with van der Waals surface area (Å²) in [6.45, 7) is 9.47. The van der Waals surface area contributed by atoms with Gasteiger partial charge in [0, 0.05) is 11.5 Å². The van der Waals surface area contributed by atoms with Gasteiger partial charge < -0.3 is 0 Å². The summed E-state index contributed by atoms with van der Waals surface area (Å²) in [6, 6.07) is 10.1. The van der Waals surface area contributed by atoms with Gasteiger partial charge in [0.05, 0.1) is 5.69 Å². The molecule has 0 aliphatic heterocycles. The smallest absolute Gasteiger partial charge is 0.108 e. The second-order valence-electron chi connectivity index (χ2n) is 4.92. The Hall–Kier alpha value is -0.543. The van der Waals surface area contributed by atoms with E-state index in [1.54, 1.807) is 0 Å². The molecule has 0 N–H and O–H groups in total. The fourth-order valence-electron chi connectivity index (χ4n) is 1.47. The molecule has 0 bridgehead atoms. The normalized spacial score (nSPS) is 14.2. The van der Waals surface area contributed by atoms with E-state index in [-0.39, 0.29) is 0 Å². The maximum atomic E-state index is 4.45. The lowest BCUT2D eigenvalue weighted by Crippen LogP contribution is -2.18.